The zero-order valence-electron chi connectivity index (χ0n) is 18.4. The van der Waals surface area contributed by atoms with Crippen molar-refractivity contribution in [3.8, 4) is 34.7 Å². The molecule has 10 nitrogen and oxygen atoms in total. The minimum Gasteiger partial charge on any atom is -0.497 e. The molecular formula is C23H24N6O4. The fourth-order valence-corrected chi connectivity index (χ4v) is 3.82. The highest BCUT2D eigenvalue weighted by atomic mass is 16.5. The van der Waals surface area contributed by atoms with Crippen molar-refractivity contribution in [1.82, 2.24) is 25.5 Å². The van der Waals surface area contributed by atoms with Gasteiger partial charge in [-0.05, 0) is 49.9 Å². The SMILES string of the molecule is COc1ccc(OC)c(-c2cc(C(=O)NC3CCC(Oc4nccnc4C#N)CC3)[nH]n2)c1. The summed E-state index contributed by atoms with van der Waals surface area (Å²) in [7, 11) is 3.17. The summed E-state index contributed by atoms with van der Waals surface area (Å²) in [5, 5.41) is 19.3. The number of rotatable bonds is 7. The number of carbonyl (C=O) groups is 1. The normalized spacial score (nSPS) is 17.6. The van der Waals surface area contributed by atoms with Crippen molar-refractivity contribution in [2.24, 2.45) is 0 Å². The minimum atomic E-state index is -0.222. The summed E-state index contributed by atoms with van der Waals surface area (Å²) in [5.74, 6) is 1.34. The first-order chi connectivity index (χ1) is 16.1. The van der Waals surface area contributed by atoms with E-state index in [4.69, 9.17) is 19.5 Å². The van der Waals surface area contributed by atoms with E-state index in [1.54, 1.807) is 32.4 Å². The molecule has 1 fully saturated rings. The van der Waals surface area contributed by atoms with Crippen LogP contribution in [0.2, 0.25) is 0 Å². The third kappa shape index (κ3) is 5.03. The average molecular weight is 448 g/mol. The molecule has 0 aliphatic heterocycles. The number of ether oxygens (including phenoxy) is 3. The van der Waals surface area contributed by atoms with Crippen molar-refractivity contribution in [1.29, 1.82) is 5.26 Å². The molecule has 170 valence electrons. The summed E-state index contributed by atoms with van der Waals surface area (Å²) in [6, 6.07) is 9.11. The quantitative estimate of drug-likeness (QED) is 0.563. The van der Waals surface area contributed by atoms with Crippen molar-refractivity contribution >= 4 is 5.91 Å². The van der Waals surface area contributed by atoms with E-state index in [9.17, 15) is 4.79 Å². The van der Waals surface area contributed by atoms with Gasteiger partial charge in [0.1, 0.15) is 29.4 Å². The molecular weight excluding hydrogens is 424 g/mol. The van der Waals surface area contributed by atoms with Crippen molar-refractivity contribution in [3.05, 3.63) is 48.0 Å². The number of benzene rings is 1. The van der Waals surface area contributed by atoms with E-state index in [2.05, 4.69) is 25.5 Å². The van der Waals surface area contributed by atoms with Crippen molar-refractivity contribution in [2.45, 2.75) is 37.8 Å². The molecule has 0 spiro atoms. The summed E-state index contributed by atoms with van der Waals surface area (Å²) < 4.78 is 16.6. The van der Waals surface area contributed by atoms with E-state index < -0.39 is 0 Å². The second-order valence-electron chi connectivity index (χ2n) is 7.62. The Morgan fingerprint density at radius 3 is 2.64 bits per heavy atom. The van der Waals surface area contributed by atoms with Crippen LogP contribution in [0, 0.1) is 11.3 Å². The van der Waals surface area contributed by atoms with Gasteiger partial charge in [-0.15, -0.1) is 0 Å². The molecule has 33 heavy (non-hydrogen) atoms. The number of H-pyrrole nitrogens is 1. The Morgan fingerprint density at radius 2 is 1.91 bits per heavy atom. The minimum absolute atomic E-state index is 0.0211. The highest BCUT2D eigenvalue weighted by Crippen LogP contribution is 2.32. The predicted molar refractivity (Wildman–Crippen MR) is 118 cm³/mol. The van der Waals surface area contributed by atoms with Crippen LogP contribution in [0.25, 0.3) is 11.3 Å². The average Bonchev–Trinajstić information content (AvgIpc) is 3.35. The highest BCUT2D eigenvalue weighted by molar-refractivity contribution is 5.93. The van der Waals surface area contributed by atoms with Crippen LogP contribution in [-0.2, 0) is 0 Å². The maximum absolute atomic E-state index is 12.8. The summed E-state index contributed by atoms with van der Waals surface area (Å²) in [5.41, 5.74) is 1.86. The zero-order chi connectivity index (χ0) is 23.2. The standard InChI is InChI=1S/C23H24N6O4/c1-31-16-7-8-21(32-2)17(11-16)18-12-19(29-28-18)22(30)27-14-3-5-15(6-4-14)33-23-20(13-24)25-9-10-26-23/h7-12,14-15H,3-6H2,1-2H3,(H,27,30)(H,28,29). The molecule has 0 unspecified atom stereocenters. The first-order valence-corrected chi connectivity index (χ1v) is 10.6. The lowest BCUT2D eigenvalue weighted by molar-refractivity contribution is 0.0884. The molecule has 1 aliphatic carbocycles. The highest BCUT2D eigenvalue weighted by Gasteiger charge is 2.26. The van der Waals surface area contributed by atoms with E-state index in [-0.39, 0.29) is 29.6 Å². The Balaban J connectivity index is 1.35. The van der Waals surface area contributed by atoms with E-state index >= 15 is 0 Å². The van der Waals surface area contributed by atoms with Gasteiger partial charge in [0, 0.05) is 24.0 Å². The van der Waals surface area contributed by atoms with Gasteiger partial charge in [0.2, 0.25) is 5.69 Å². The monoisotopic (exact) mass is 448 g/mol. The molecule has 1 saturated carbocycles. The number of amides is 1. The molecule has 10 heteroatoms. The number of nitrogens with one attached hydrogen (secondary N) is 2. The summed E-state index contributed by atoms with van der Waals surface area (Å²) >= 11 is 0. The maximum Gasteiger partial charge on any atom is 0.269 e. The Labute approximate surface area is 190 Å². The number of methoxy groups -OCH3 is 2. The number of aromatic nitrogens is 4. The van der Waals surface area contributed by atoms with Crippen LogP contribution < -0.4 is 19.5 Å². The van der Waals surface area contributed by atoms with Gasteiger partial charge in [-0.25, -0.2) is 9.97 Å². The van der Waals surface area contributed by atoms with E-state index in [0.29, 0.717) is 22.9 Å². The third-order valence-corrected chi connectivity index (χ3v) is 5.56. The molecule has 2 aromatic heterocycles. The molecule has 2 heterocycles. The largest absolute Gasteiger partial charge is 0.497 e. The second kappa shape index (κ2) is 9.99. The van der Waals surface area contributed by atoms with Crippen LogP contribution in [0.3, 0.4) is 0 Å². The van der Waals surface area contributed by atoms with Gasteiger partial charge in [0.05, 0.1) is 19.9 Å². The molecule has 1 aromatic carbocycles. The molecule has 2 N–H and O–H groups in total. The van der Waals surface area contributed by atoms with E-state index in [0.717, 1.165) is 31.2 Å². The number of nitrogens with zero attached hydrogens (tertiary/aromatic N) is 4. The first-order valence-electron chi connectivity index (χ1n) is 10.6. The fraction of sp³-hybridized carbons (Fsp3) is 0.348. The lowest BCUT2D eigenvalue weighted by Gasteiger charge is -2.29. The van der Waals surface area contributed by atoms with Crippen LogP contribution in [0.15, 0.2) is 36.7 Å². The first kappa shape index (κ1) is 22.1. The van der Waals surface area contributed by atoms with Gasteiger partial charge in [0.25, 0.3) is 11.8 Å². The predicted octanol–water partition coefficient (Wildman–Crippen LogP) is 2.88. The van der Waals surface area contributed by atoms with E-state index in [1.807, 2.05) is 12.1 Å². The Morgan fingerprint density at radius 1 is 1.12 bits per heavy atom. The van der Waals surface area contributed by atoms with Gasteiger partial charge in [-0.1, -0.05) is 0 Å². The number of aromatic amines is 1. The molecule has 1 aliphatic rings. The van der Waals surface area contributed by atoms with Crippen LogP contribution in [-0.4, -0.2) is 52.4 Å². The molecule has 0 atom stereocenters. The molecule has 0 radical (unpaired) electrons. The summed E-state index contributed by atoms with van der Waals surface area (Å²) in [6.45, 7) is 0. The third-order valence-electron chi connectivity index (χ3n) is 5.56. The summed E-state index contributed by atoms with van der Waals surface area (Å²) in [4.78, 5) is 20.8. The van der Waals surface area contributed by atoms with Gasteiger partial charge in [-0.2, -0.15) is 10.4 Å². The van der Waals surface area contributed by atoms with E-state index in [1.165, 1.54) is 12.4 Å². The molecule has 0 bridgehead atoms. The lowest BCUT2D eigenvalue weighted by Crippen LogP contribution is -2.40. The van der Waals surface area contributed by atoms with Crippen molar-refractivity contribution in [3.63, 3.8) is 0 Å². The topological polar surface area (TPSA) is 135 Å². The fourth-order valence-electron chi connectivity index (χ4n) is 3.82. The Hall–Kier alpha value is -4.13. The Kier molecular flexibility index (Phi) is 6.69. The van der Waals surface area contributed by atoms with Crippen molar-refractivity contribution < 1.29 is 19.0 Å². The van der Waals surface area contributed by atoms with Gasteiger partial charge in [0.15, 0.2) is 0 Å². The molecule has 0 saturated heterocycles. The molecule has 3 aromatic rings. The smallest absolute Gasteiger partial charge is 0.269 e. The van der Waals surface area contributed by atoms with Crippen LogP contribution >= 0.6 is 0 Å². The Bertz CT molecular complexity index is 1160. The molecule has 4 rings (SSSR count). The van der Waals surface area contributed by atoms with Crippen LogP contribution in [0.4, 0.5) is 0 Å². The maximum atomic E-state index is 12.8. The van der Waals surface area contributed by atoms with Crippen LogP contribution in [0.5, 0.6) is 17.4 Å². The van der Waals surface area contributed by atoms with Gasteiger partial charge in [-0.3, -0.25) is 9.89 Å². The van der Waals surface area contributed by atoms with Crippen molar-refractivity contribution in [2.75, 3.05) is 14.2 Å². The second-order valence-corrected chi connectivity index (χ2v) is 7.62. The van der Waals surface area contributed by atoms with Gasteiger partial charge >= 0.3 is 0 Å². The molecule has 1 amide bonds. The number of hydrogen-bond acceptors (Lipinski definition) is 8. The zero-order valence-corrected chi connectivity index (χ0v) is 18.4. The number of hydrogen-bond donors (Lipinski definition) is 2. The summed E-state index contributed by atoms with van der Waals surface area (Å²) in [6.07, 6.45) is 5.88. The number of nitriles is 1. The van der Waals surface area contributed by atoms with Gasteiger partial charge < -0.3 is 19.5 Å². The van der Waals surface area contributed by atoms with Crippen LogP contribution in [0.1, 0.15) is 41.9 Å². The lowest BCUT2D eigenvalue weighted by atomic mass is 9.93. The number of carbonyl (C=O) groups excluding carboxylic acids is 1.